The third-order valence-corrected chi connectivity index (χ3v) is 4.62. The van der Waals surface area contributed by atoms with E-state index in [1.54, 1.807) is 0 Å². The van der Waals surface area contributed by atoms with Crippen molar-refractivity contribution in [3.05, 3.63) is 71.8 Å². The minimum absolute atomic E-state index is 0.121. The normalized spacial score (nSPS) is 11.6. The summed E-state index contributed by atoms with van der Waals surface area (Å²) in [5, 5.41) is 18.0. The molecule has 0 spiro atoms. The number of carboxylic acid groups (broad SMARTS) is 1. The van der Waals surface area contributed by atoms with Crippen molar-refractivity contribution in [3.63, 3.8) is 0 Å². The van der Waals surface area contributed by atoms with E-state index in [2.05, 4.69) is 10.4 Å². The molecule has 0 saturated heterocycles. The Morgan fingerprint density at radius 3 is 2.00 bits per heavy atom. The van der Waals surface area contributed by atoms with Gasteiger partial charge in [0.15, 0.2) is 0 Å². The molecule has 0 bridgehead atoms. The zero-order valence-corrected chi connectivity index (χ0v) is 18.0. The number of hydrogen-bond acceptors (Lipinski definition) is 3. The minimum atomic E-state index is -1.07. The summed E-state index contributed by atoms with van der Waals surface area (Å²) >= 11 is 5.84. The van der Waals surface area contributed by atoms with Gasteiger partial charge in [0.2, 0.25) is 0 Å². The lowest BCUT2D eigenvalue weighted by molar-refractivity contribution is -0.139. The molecule has 0 heterocycles. The van der Waals surface area contributed by atoms with Gasteiger partial charge in [-0.1, -0.05) is 74.5 Å². The molecular weight excluding hydrogens is 402 g/mol. The Balaban J connectivity index is 2.39. The number of urea groups is 1. The molecule has 0 saturated carbocycles. The number of alkyl halides is 1. The van der Waals surface area contributed by atoms with Crippen molar-refractivity contribution in [2.75, 3.05) is 12.4 Å². The summed E-state index contributed by atoms with van der Waals surface area (Å²) in [5.74, 6) is -0.584. The van der Waals surface area contributed by atoms with E-state index in [-0.39, 0.29) is 12.5 Å². The molecule has 0 fully saturated rings. The van der Waals surface area contributed by atoms with Crippen molar-refractivity contribution in [3.8, 4) is 0 Å². The second kappa shape index (κ2) is 12.0. The molecule has 0 aliphatic carbocycles. The average Bonchev–Trinajstić information content (AvgIpc) is 2.74. The Kier molecular flexibility index (Phi) is 9.35. The van der Waals surface area contributed by atoms with E-state index in [0.717, 1.165) is 11.1 Å². The Hall–Kier alpha value is -2.86. The monoisotopic (exact) mass is 429 g/mol. The van der Waals surface area contributed by atoms with Crippen molar-refractivity contribution in [2.45, 2.75) is 32.7 Å². The lowest BCUT2D eigenvalue weighted by Gasteiger charge is -2.23. The molecule has 0 aromatic heterocycles. The first kappa shape index (κ1) is 23.4. The summed E-state index contributed by atoms with van der Waals surface area (Å²) in [7, 11) is 0. The van der Waals surface area contributed by atoms with Gasteiger partial charge in [0.05, 0.1) is 5.71 Å². The fraction of sp³-hybridized carbons (Fsp3) is 0.348. The highest BCUT2D eigenvalue weighted by Crippen LogP contribution is 2.13. The largest absolute Gasteiger partial charge is 0.480 e. The molecule has 1 atom stereocenters. The summed E-state index contributed by atoms with van der Waals surface area (Å²) in [6.07, 6.45) is 0.857. The highest BCUT2D eigenvalue weighted by Gasteiger charge is 2.24. The summed E-state index contributed by atoms with van der Waals surface area (Å²) in [4.78, 5) is 24.5. The topological polar surface area (TPSA) is 82.0 Å². The number of benzene rings is 2. The van der Waals surface area contributed by atoms with Crippen LogP contribution in [0.3, 0.4) is 0 Å². The SMILES string of the molecule is CC(C)C[C@H](NC(=O)N(CCCCl)N=C(c1ccccc1)c1ccccc1)C(=O)O. The van der Waals surface area contributed by atoms with E-state index >= 15 is 0 Å². The van der Waals surface area contributed by atoms with Gasteiger partial charge >= 0.3 is 12.0 Å². The van der Waals surface area contributed by atoms with Crippen molar-refractivity contribution in [1.29, 1.82) is 0 Å². The van der Waals surface area contributed by atoms with Gasteiger partial charge in [-0.3, -0.25) is 0 Å². The quantitative estimate of drug-likeness (QED) is 0.329. The number of hydrogen-bond donors (Lipinski definition) is 2. The molecule has 2 N–H and O–H groups in total. The lowest BCUT2D eigenvalue weighted by atomic mass is 10.0. The number of rotatable bonds is 10. The third kappa shape index (κ3) is 7.19. The first-order chi connectivity index (χ1) is 14.4. The van der Waals surface area contributed by atoms with Gasteiger partial charge in [0.25, 0.3) is 0 Å². The van der Waals surface area contributed by atoms with E-state index in [4.69, 9.17) is 11.6 Å². The number of halogens is 1. The molecule has 6 nitrogen and oxygen atoms in total. The number of carbonyl (C=O) groups excluding carboxylic acids is 1. The van der Waals surface area contributed by atoms with Gasteiger partial charge in [-0.25, -0.2) is 14.6 Å². The van der Waals surface area contributed by atoms with Crippen LogP contribution >= 0.6 is 11.6 Å². The Morgan fingerprint density at radius 1 is 1.03 bits per heavy atom. The fourth-order valence-electron chi connectivity index (χ4n) is 2.92. The number of carboxylic acids is 1. The maximum atomic E-state index is 12.9. The Bertz CT molecular complexity index is 800. The third-order valence-electron chi connectivity index (χ3n) is 4.36. The number of nitrogens with zero attached hydrogens (tertiary/aromatic N) is 2. The summed E-state index contributed by atoms with van der Waals surface area (Å²) in [6.45, 7) is 4.09. The number of carbonyl (C=O) groups is 2. The molecule has 0 radical (unpaired) electrons. The van der Waals surface area contributed by atoms with Crippen LogP contribution in [-0.4, -0.2) is 46.3 Å². The van der Waals surface area contributed by atoms with Crippen molar-refractivity contribution in [1.82, 2.24) is 10.3 Å². The van der Waals surface area contributed by atoms with Gasteiger partial charge in [-0.05, 0) is 18.8 Å². The molecule has 0 unspecified atom stereocenters. The molecule has 160 valence electrons. The molecular formula is C23H28ClN3O3. The van der Waals surface area contributed by atoms with Gasteiger partial charge in [0, 0.05) is 23.6 Å². The molecule has 2 amide bonds. The summed E-state index contributed by atoms with van der Waals surface area (Å²) < 4.78 is 0. The smallest absolute Gasteiger partial charge is 0.338 e. The van der Waals surface area contributed by atoms with Gasteiger partial charge < -0.3 is 10.4 Å². The van der Waals surface area contributed by atoms with Crippen LogP contribution in [-0.2, 0) is 4.79 Å². The average molecular weight is 430 g/mol. The number of amides is 2. The molecule has 2 rings (SSSR count). The number of hydrazone groups is 1. The van der Waals surface area contributed by atoms with E-state index in [9.17, 15) is 14.7 Å². The maximum absolute atomic E-state index is 12.9. The molecule has 2 aromatic rings. The van der Waals surface area contributed by atoms with Gasteiger partial charge in [0.1, 0.15) is 6.04 Å². The standard InChI is InChI=1S/C23H28ClN3O3/c1-17(2)16-20(22(28)29)25-23(30)27(15-9-14-24)26-21(18-10-5-3-6-11-18)19-12-7-4-8-13-19/h3-8,10-13,17,20H,9,14-16H2,1-2H3,(H,25,30)(H,28,29)/t20-/m0/s1. The first-order valence-electron chi connectivity index (χ1n) is 9.98. The van der Waals surface area contributed by atoms with Crippen LogP contribution in [0.15, 0.2) is 65.8 Å². The van der Waals surface area contributed by atoms with E-state index < -0.39 is 18.0 Å². The second-order valence-corrected chi connectivity index (χ2v) is 7.69. The molecule has 0 aliphatic rings. The van der Waals surface area contributed by atoms with Crippen molar-refractivity contribution >= 4 is 29.3 Å². The van der Waals surface area contributed by atoms with Crippen LogP contribution in [0.2, 0.25) is 0 Å². The molecule has 7 heteroatoms. The summed E-state index contributed by atoms with van der Waals surface area (Å²) in [5.41, 5.74) is 2.32. The van der Waals surface area contributed by atoms with Crippen LogP contribution in [0, 0.1) is 5.92 Å². The highest BCUT2D eigenvalue weighted by atomic mass is 35.5. The van der Waals surface area contributed by atoms with Crippen LogP contribution in [0.4, 0.5) is 4.79 Å². The van der Waals surface area contributed by atoms with Crippen molar-refractivity contribution < 1.29 is 14.7 Å². The Morgan fingerprint density at radius 2 is 1.57 bits per heavy atom. The van der Waals surface area contributed by atoms with E-state index in [1.165, 1.54) is 5.01 Å². The lowest BCUT2D eigenvalue weighted by Crippen LogP contribution is -2.47. The highest BCUT2D eigenvalue weighted by molar-refractivity contribution is 6.17. The minimum Gasteiger partial charge on any atom is -0.480 e. The Labute approximate surface area is 182 Å². The van der Waals surface area contributed by atoms with E-state index in [0.29, 0.717) is 24.4 Å². The van der Waals surface area contributed by atoms with Crippen LogP contribution in [0.25, 0.3) is 0 Å². The predicted molar refractivity (Wildman–Crippen MR) is 120 cm³/mol. The first-order valence-corrected chi connectivity index (χ1v) is 10.5. The molecule has 2 aromatic carbocycles. The van der Waals surface area contributed by atoms with Crippen LogP contribution in [0.5, 0.6) is 0 Å². The number of aliphatic carboxylic acids is 1. The second-order valence-electron chi connectivity index (χ2n) is 7.32. The van der Waals surface area contributed by atoms with Crippen molar-refractivity contribution in [2.24, 2.45) is 11.0 Å². The maximum Gasteiger partial charge on any atom is 0.338 e. The zero-order chi connectivity index (χ0) is 21.9. The summed E-state index contributed by atoms with van der Waals surface area (Å²) in [6, 6.07) is 17.6. The zero-order valence-electron chi connectivity index (χ0n) is 17.3. The fourth-order valence-corrected chi connectivity index (χ4v) is 3.04. The predicted octanol–water partition coefficient (Wildman–Crippen LogP) is 4.58. The van der Waals surface area contributed by atoms with E-state index in [1.807, 2.05) is 74.5 Å². The molecule has 0 aliphatic heterocycles. The van der Waals surface area contributed by atoms with Crippen LogP contribution in [0.1, 0.15) is 37.8 Å². The number of nitrogens with one attached hydrogen (secondary N) is 1. The van der Waals surface area contributed by atoms with Gasteiger partial charge in [-0.15, -0.1) is 11.6 Å². The van der Waals surface area contributed by atoms with Crippen LogP contribution < -0.4 is 5.32 Å². The molecule has 30 heavy (non-hydrogen) atoms. The van der Waals surface area contributed by atoms with Gasteiger partial charge in [-0.2, -0.15) is 5.10 Å².